The normalized spacial score (nSPS) is 11.2. The highest BCUT2D eigenvalue weighted by atomic mass is 32.2. The van der Waals surface area contributed by atoms with Gasteiger partial charge in [0.2, 0.25) is 5.91 Å². The predicted octanol–water partition coefficient (Wildman–Crippen LogP) is 3.27. The Labute approximate surface area is 125 Å². The van der Waals surface area contributed by atoms with E-state index in [-0.39, 0.29) is 17.6 Å². The molecule has 0 saturated heterocycles. The van der Waals surface area contributed by atoms with Gasteiger partial charge in [-0.2, -0.15) is 8.78 Å². The van der Waals surface area contributed by atoms with Crippen molar-refractivity contribution in [3.05, 3.63) is 24.3 Å². The number of imidazole rings is 1. The first-order chi connectivity index (χ1) is 10.1. The Kier molecular flexibility index (Phi) is 5.55. The molecule has 0 aliphatic heterocycles. The molecule has 1 heterocycles. The Balaban J connectivity index is 2.21. The number of rotatable bonds is 7. The Morgan fingerprint density at radius 1 is 1.43 bits per heavy atom. The van der Waals surface area contributed by atoms with Gasteiger partial charge in [-0.3, -0.25) is 4.79 Å². The van der Waals surface area contributed by atoms with Crippen molar-refractivity contribution in [1.29, 1.82) is 0 Å². The molecule has 0 fully saturated rings. The van der Waals surface area contributed by atoms with Crippen LogP contribution < -0.4 is 5.32 Å². The number of thioether (sulfide) groups is 1. The number of hydrogen-bond donors (Lipinski definition) is 1. The third-order valence-corrected chi connectivity index (χ3v) is 3.67. The van der Waals surface area contributed by atoms with Crippen LogP contribution in [0.4, 0.5) is 8.78 Å². The molecule has 0 aliphatic rings. The summed E-state index contributed by atoms with van der Waals surface area (Å²) >= 11 is 0.360. The van der Waals surface area contributed by atoms with Gasteiger partial charge in [-0.25, -0.2) is 4.98 Å². The molecule has 21 heavy (non-hydrogen) atoms. The van der Waals surface area contributed by atoms with Crippen molar-refractivity contribution >= 4 is 28.7 Å². The lowest BCUT2D eigenvalue weighted by atomic mass is 10.3. The minimum atomic E-state index is -2.57. The molecular formula is C14H17F2N3OS. The third kappa shape index (κ3) is 4.17. The van der Waals surface area contributed by atoms with Crippen LogP contribution in [0.3, 0.4) is 0 Å². The van der Waals surface area contributed by atoms with E-state index in [4.69, 9.17) is 0 Å². The van der Waals surface area contributed by atoms with Crippen molar-refractivity contribution in [2.45, 2.75) is 37.2 Å². The van der Waals surface area contributed by atoms with Gasteiger partial charge in [0.25, 0.3) is 5.76 Å². The summed E-state index contributed by atoms with van der Waals surface area (Å²) in [6.07, 6.45) is 1.88. The summed E-state index contributed by atoms with van der Waals surface area (Å²) in [7, 11) is 0. The summed E-state index contributed by atoms with van der Waals surface area (Å²) in [6, 6.07) is 7.11. The first kappa shape index (κ1) is 15.8. The van der Waals surface area contributed by atoms with Gasteiger partial charge >= 0.3 is 0 Å². The number of benzene rings is 1. The molecule has 7 heteroatoms. The second-order valence-electron chi connectivity index (χ2n) is 4.55. The third-order valence-electron chi connectivity index (χ3n) is 2.97. The largest absolute Gasteiger partial charge is 0.355 e. The van der Waals surface area contributed by atoms with E-state index in [1.54, 1.807) is 24.3 Å². The molecule has 1 amide bonds. The smallest absolute Gasteiger partial charge is 0.291 e. The van der Waals surface area contributed by atoms with Crippen molar-refractivity contribution in [3.8, 4) is 0 Å². The number of unbranched alkanes of at least 4 members (excludes halogenated alkanes) is 1. The van der Waals surface area contributed by atoms with E-state index in [1.165, 1.54) is 4.57 Å². The van der Waals surface area contributed by atoms with Gasteiger partial charge in [0, 0.05) is 6.54 Å². The summed E-state index contributed by atoms with van der Waals surface area (Å²) in [6.45, 7) is 2.63. The fraction of sp³-hybridized carbons (Fsp3) is 0.429. The summed E-state index contributed by atoms with van der Waals surface area (Å²) < 4.78 is 26.8. The van der Waals surface area contributed by atoms with E-state index in [2.05, 4.69) is 10.3 Å². The summed E-state index contributed by atoms with van der Waals surface area (Å²) in [5, 5.41) is 2.95. The van der Waals surface area contributed by atoms with Gasteiger partial charge in [0.15, 0.2) is 5.16 Å². The fourth-order valence-electron chi connectivity index (χ4n) is 1.98. The average molecular weight is 313 g/mol. The zero-order valence-corrected chi connectivity index (χ0v) is 12.5. The van der Waals surface area contributed by atoms with E-state index < -0.39 is 5.76 Å². The maximum absolute atomic E-state index is 12.6. The number of nitrogens with zero attached hydrogens (tertiary/aromatic N) is 2. The molecule has 0 saturated carbocycles. The van der Waals surface area contributed by atoms with Crippen molar-refractivity contribution in [2.75, 3.05) is 6.54 Å². The van der Waals surface area contributed by atoms with Crippen LogP contribution in [0, 0.1) is 0 Å². The topological polar surface area (TPSA) is 46.9 Å². The molecular weight excluding hydrogens is 296 g/mol. The number of hydrogen-bond acceptors (Lipinski definition) is 3. The summed E-state index contributed by atoms with van der Waals surface area (Å²) in [5.41, 5.74) is 1.30. The monoisotopic (exact) mass is 313 g/mol. The molecule has 114 valence electrons. The minimum Gasteiger partial charge on any atom is -0.355 e. The number of nitrogens with one attached hydrogen (secondary N) is 1. The molecule has 1 aromatic heterocycles. The zero-order valence-electron chi connectivity index (χ0n) is 11.7. The van der Waals surface area contributed by atoms with E-state index in [9.17, 15) is 13.6 Å². The quantitative estimate of drug-likeness (QED) is 0.630. The number of aromatic nitrogens is 2. The van der Waals surface area contributed by atoms with Crippen LogP contribution in [0.15, 0.2) is 29.4 Å². The maximum atomic E-state index is 12.6. The minimum absolute atomic E-state index is 0.000713. The van der Waals surface area contributed by atoms with Crippen molar-refractivity contribution in [3.63, 3.8) is 0 Å². The highest BCUT2D eigenvalue weighted by Gasteiger charge is 2.17. The molecule has 1 N–H and O–H groups in total. The molecule has 0 unspecified atom stereocenters. The van der Waals surface area contributed by atoms with E-state index in [1.807, 2.05) is 6.92 Å². The summed E-state index contributed by atoms with van der Waals surface area (Å²) in [5.74, 6) is -2.76. The highest BCUT2D eigenvalue weighted by molar-refractivity contribution is 7.99. The van der Waals surface area contributed by atoms with Gasteiger partial charge in [-0.15, -0.1) is 0 Å². The van der Waals surface area contributed by atoms with Crippen LogP contribution in [-0.2, 0) is 11.3 Å². The Hall–Kier alpha value is -1.63. The fourth-order valence-corrected chi connectivity index (χ4v) is 2.58. The number of carbonyl (C=O) groups excluding carboxylic acids is 1. The van der Waals surface area contributed by atoms with Crippen LogP contribution >= 0.6 is 11.8 Å². The van der Waals surface area contributed by atoms with Crippen LogP contribution in [0.25, 0.3) is 11.0 Å². The Bertz CT molecular complexity index is 615. The van der Waals surface area contributed by atoms with Crippen LogP contribution in [0.2, 0.25) is 0 Å². The van der Waals surface area contributed by atoms with Crippen LogP contribution in [0.5, 0.6) is 0 Å². The lowest BCUT2D eigenvalue weighted by Gasteiger charge is -2.09. The molecule has 4 nitrogen and oxygen atoms in total. The van der Waals surface area contributed by atoms with Gasteiger partial charge in [0.05, 0.1) is 11.0 Å². The Morgan fingerprint density at radius 3 is 2.90 bits per heavy atom. The maximum Gasteiger partial charge on any atom is 0.291 e. The molecule has 0 spiro atoms. The summed E-state index contributed by atoms with van der Waals surface area (Å²) in [4.78, 5) is 16.1. The number of carbonyl (C=O) groups is 1. The van der Waals surface area contributed by atoms with Gasteiger partial charge in [-0.1, -0.05) is 25.5 Å². The number of alkyl halides is 2. The number of amides is 1. The molecule has 0 bridgehead atoms. The molecule has 2 rings (SSSR count). The van der Waals surface area contributed by atoms with E-state index in [0.717, 1.165) is 12.8 Å². The average Bonchev–Trinajstić information content (AvgIpc) is 2.76. The lowest BCUT2D eigenvalue weighted by Crippen LogP contribution is -2.28. The zero-order chi connectivity index (χ0) is 15.2. The van der Waals surface area contributed by atoms with Gasteiger partial charge in [-0.05, 0) is 30.3 Å². The van der Waals surface area contributed by atoms with Crippen molar-refractivity contribution < 1.29 is 13.6 Å². The standard InChI is InChI=1S/C14H17F2N3OS/c1-2-3-8-17-12(20)9-19-11-7-5-4-6-10(11)18-14(19)21-13(15)16/h4-7,13H,2-3,8-9H2,1H3,(H,17,20). The first-order valence-corrected chi connectivity index (χ1v) is 7.66. The number of para-hydroxylation sites is 2. The molecule has 1 aromatic carbocycles. The SMILES string of the molecule is CCCCNC(=O)Cn1c(SC(F)F)nc2ccccc21. The number of halogens is 2. The van der Waals surface area contributed by atoms with E-state index >= 15 is 0 Å². The van der Waals surface area contributed by atoms with Crippen molar-refractivity contribution in [1.82, 2.24) is 14.9 Å². The number of fused-ring (bicyclic) bond motifs is 1. The van der Waals surface area contributed by atoms with Crippen LogP contribution in [0.1, 0.15) is 19.8 Å². The first-order valence-electron chi connectivity index (χ1n) is 6.78. The molecule has 2 aromatic rings. The molecule has 0 atom stereocenters. The molecule has 0 radical (unpaired) electrons. The van der Waals surface area contributed by atoms with Crippen LogP contribution in [-0.4, -0.2) is 27.8 Å². The Morgan fingerprint density at radius 2 is 2.19 bits per heavy atom. The van der Waals surface area contributed by atoms with Crippen molar-refractivity contribution in [2.24, 2.45) is 0 Å². The predicted molar refractivity (Wildman–Crippen MR) is 79.5 cm³/mol. The second-order valence-corrected chi connectivity index (χ2v) is 5.51. The second kappa shape index (κ2) is 7.40. The van der Waals surface area contributed by atoms with Gasteiger partial charge in [0.1, 0.15) is 6.54 Å². The highest BCUT2D eigenvalue weighted by Crippen LogP contribution is 2.28. The molecule has 0 aliphatic carbocycles. The lowest BCUT2D eigenvalue weighted by molar-refractivity contribution is -0.121. The van der Waals surface area contributed by atoms with Gasteiger partial charge < -0.3 is 9.88 Å². The van der Waals surface area contributed by atoms with E-state index in [0.29, 0.717) is 29.3 Å².